The van der Waals surface area contributed by atoms with Gasteiger partial charge >= 0.3 is 12.1 Å². The number of ether oxygens (including phenoxy) is 2. The number of imidazole rings is 1. The van der Waals surface area contributed by atoms with Gasteiger partial charge in [-0.2, -0.15) is 0 Å². The molecule has 2 aromatic heterocycles. The van der Waals surface area contributed by atoms with Crippen LogP contribution in [-0.2, 0) is 30.3 Å². The third-order valence-corrected chi connectivity index (χ3v) is 8.10. The van der Waals surface area contributed by atoms with Crippen LogP contribution in [0.15, 0.2) is 97.6 Å². The highest BCUT2D eigenvalue weighted by Crippen LogP contribution is 2.26. The van der Waals surface area contributed by atoms with Crippen LogP contribution >= 0.6 is 0 Å². The first kappa shape index (κ1) is 36.4. The summed E-state index contributed by atoms with van der Waals surface area (Å²) in [5.74, 6) is -1.46. The van der Waals surface area contributed by atoms with Crippen LogP contribution in [0.4, 0.5) is 10.6 Å². The Morgan fingerprint density at radius 1 is 0.882 bits per heavy atom. The quantitative estimate of drug-likeness (QED) is 0.114. The van der Waals surface area contributed by atoms with Crippen LogP contribution in [0.5, 0.6) is 0 Å². The zero-order chi connectivity index (χ0) is 36.8. The minimum absolute atomic E-state index is 0.129. The van der Waals surface area contributed by atoms with Gasteiger partial charge in [0.1, 0.15) is 17.2 Å². The monoisotopic (exact) mass is 692 g/mol. The second-order valence-corrected chi connectivity index (χ2v) is 13.7. The van der Waals surface area contributed by atoms with E-state index in [1.807, 2.05) is 78.9 Å². The van der Waals surface area contributed by atoms with Gasteiger partial charge in [0.2, 0.25) is 11.8 Å². The van der Waals surface area contributed by atoms with Gasteiger partial charge in [0.05, 0.1) is 12.9 Å². The molecule has 0 aliphatic rings. The van der Waals surface area contributed by atoms with Crippen LogP contribution in [0.25, 0.3) is 22.0 Å². The van der Waals surface area contributed by atoms with Gasteiger partial charge in [-0.1, -0.05) is 72.8 Å². The molecule has 266 valence electrons. The molecule has 0 aliphatic carbocycles. The third kappa shape index (κ3) is 9.21. The van der Waals surface area contributed by atoms with Crippen molar-refractivity contribution < 1.29 is 28.7 Å². The Morgan fingerprint density at radius 3 is 2.24 bits per heavy atom. The number of aromatic nitrogens is 3. The minimum Gasteiger partial charge on any atom is -0.464 e. The van der Waals surface area contributed by atoms with Crippen molar-refractivity contribution in [1.29, 1.82) is 0 Å². The molecule has 2 heterocycles. The normalized spacial score (nSPS) is 12.8. The van der Waals surface area contributed by atoms with Crippen molar-refractivity contribution in [3.8, 4) is 11.1 Å². The number of H-pyrrole nitrogens is 1. The summed E-state index contributed by atoms with van der Waals surface area (Å²) in [5.41, 5.74) is 2.20. The van der Waals surface area contributed by atoms with Crippen LogP contribution < -0.4 is 16.0 Å². The summed E-state index contributed by atoms with van der Waals surface area (Å²) >= 11 is 0. The molecule has 0 saturated carbocycles. The maximum absolute atomic E-state index is 13.9. The summed E-state index contributed by atoms with van der Waals surface area (Å²) in [6.07, 6.45) is 4.15. The number of para-hydroxylation sites is 1. The van der Waals surface area contributed by atoms with Crippen LogP contribution in [0, 0.1) is 0 Å². The van der Waals surface area contributed by atoms with E-state index in [-0.39, 0.29) is 18.8 Å². The zero-order valence-corrected chi connectivity index (χ0v) is 29.7. The maximum Gasteiger partial charge on any atom is 0.408 e. The number of rotatable bonds is 12. The molecule has 12 heteroatoms. The number of benzene rings is 3. The Bertz CT molecular complexity index is 1990. The van der Waals surface area contributed by atoms with Crippen LogP contribution in [0.3, 0.4) is 0 Å². The number of hydrogen-bond donors (Lipinski definition) is 4. The third-order valence-electron chi connectivity index (χ3n) is 8.10. The van der Waals surface area contributed by atoms with E-state index in [1.54, 1.807) is 44.7 Å². The fraction of sp³-hybridized carbons (Fsp3) is 0.308. The van der Waals surface area contributed by atoms with Crippen molar-refractivity contribution in [2.24, 2.45) is 0 Å². The summed E-state index contributed by atoms with van der Waals surface area (Å²) in [5, 5.41) is 9.10. The molecular weight excluding hydrogens is 648 g/mol. The van der Waals surface area contributed by atoms with E-state index in [9.17, 15) is 19.2 Å². The largest absolute Gasteiger partial charge is 0.464 e. The van der Waals surface area contributed by atoms with E-state index >= 15 is 0 Å². The minimum atomic E-state index is -1.43. The highest BCUT2D eigenvalue weighted by Gasteiger charge is 2.35. The van der Waals surface area contributed by atoms with Crippen molar-refractivity contribution in [1.82, 2.24) is 25.2 Å². The molecule has 0 aliphatic heterocycles. The predicted octanol–water partition coefficient (Wildman–Crippen LogP) is 6.15. The lowest BCUT2D eigenvalue weighted by Gasteiger charge is -2.29. The molecule has 51 heavy (non-hydrogen) atoms. The molecule has 1 unspecified atom stereocenters. The predicted molar refractivity (Wildman–Crippen MR) is 195 cm³/mol. The zero-order valence-electron chi connectivity index (χ0n) is 29.7. The molecule has 0 radical (unpaired) electrons. The molecule has 4 N–H and O–H groups in total. The summed E-state index contributed by atoms with van der Waals surface area (Å²) in [6.45, 7) is 10.1. The molecule has 0 bridgehead atoms. The molecule has 5 aromatic rings. The average Bonchev–Trinajstić information content (AvgIpc) is 3.71. The first-order valence-electron chi connectivity index (χ1n) is 16.8. The first-order valence-corrected chi connectivity index (χ1v) is 16.8. The molecule has 0 saturated heterocycles. The second-order valence-electron chi connectivity index (χ2n) is 13.7. The topological polar surface area (TPSA) is 156 Å². The fourth-order valence-corrected chi connectivity index (χ4v) is 5.58. The lowest BCUT2D eigenvalue weighted by atomic mass is 10.0. The van der Waals surface area contributed by atoms with Crippen molar-refractivity contribution in [3.05, 3.63) is 109 Å². The van der Waals surface area contributed by atoms with Crippen molar-refractivity contribution in [3.63, 3.8) is 0 Å². The fourth-order valence-electron chi connectivity index (χ4n) is 5.58. The molecule has 0 fully saturated rings. The van der Waals surface area contributed by atoms with Gasteiger partial charge in [-0.25, -0.2) is 14.6 Å². The van der Waals surface area contributed by atoms with Crippen LogP contribution in [0.2, 0.25) is 0 Å². The summed E-state index contributed by atoms with van der Waals surface area (Å²) in [7, 11) is 0. The number of amides is 3. The highest BCUT2D eigenvalue weighted by atomic mass is 16.6. The van der Waals surface area contributed by atoms with Gasteiger partial charge in [-0.05, 0) is 69.9 Å². The molecule has 3 aromatic carbocycles. The summed E-state index contributed by atoms with van der Waals surface area (Å²) in [6, 6.07) is 23.2. The summed E-state index contributed by atoms with van der Waals surface area (Å²) < 4.78 is 12.3. The van der Waals surface area contributed by atoms with E-state index in [0.717, 1.165) is 27.6 Å². The smallest absolute Gasteiger partial charge is 0.408 e. The lowest BCUT2D eigenvalue weighted by molar-refractivity contribution is -0.145. The SMILES string of the molecule is CCOC(=O)C(c1ccc(-c2ccccc2)cc1)n1cnc(NC(=O)[C@@H](Cc2c[nH]c3ccccc23)NC(=O)C(C)(C)NC(=O)OC(C)(C)C)c1. The van der Waals surface area contributed by atoms with Gasteiger partial charge in [0, 0.05) is 29.7 Å². The number of hydrogen-bond acceptors (Lipinski definition) is 7. The number of aromatic amines is 1. The maximum atomic E-state index is 13.9. The standard InChI is InChI=1S/C39H44N6O6/c1-7-50-35(47)33(27-19-17-26(18-20-27)25-13-9-8-10-14-25)45-23-32(41-24-45)43-34(46)31(21-28-22-40-30-16-12-11-15-29(28)30)42-36(48)39(5,6)44-37(49)51-38(2,3)4/h8-20,22-24,31,33,40H,7,21H2,1-6H3,(H,42,48)(H,43,46)(H,44,49)/t31-,33?/m1/s1. The number of carbonyl (C=O) groups is 4. The van der Waals surface area contributed by atoms with Gasteiger partial charge in [-0.15, -0.1) is 0 Å². The number of nitrogens with zero attached hydrogens (tertiary/aromatic N) is 2. The van der Waals surface area contributed by atoms with Gasteiger partial charge < -0.3 is 35.0 Å². The number of nitrogens with one attached hydrogen (secondary N) is 4. The van der Waals surface area contributed by atoms with Crippen molar-refractivity contribution >= 4 is 40.6 Å². The number of esters is 1. The molecule has 2 atom stereocenters. The Balaban J connectivity index is 1.38. The van der Waals surface area contributed by atoms with E-state index in [0.29, 0.717) is 5.56 Å². The Labute approximate surface area is 296 Å². The van der Waals surface area contributed by atoms with E-state index in [2.05, 4.69) is 25.9 Å². The van der Waals surface area contributed by atoms with E-state index in [1.165, 1.54) is 20.2 Å². The number of fused-ring (bicyclic) bond motifs is 1. The molecule has 0 spiro atoms. The molecular formula is C39H44N6O6. The number of alkyl carbamates (subject to hydrolysis) is 1. The Hall–Kier alpha value is -5.91. The Kier molecular flexibility index (Phi) is 10.9. The van der Waals surface area contributed by atoms with E-state index < -0.39 is 47.1 Å². The second kappa shape index (κ2) is 15.3. The van der Waals surface area contributed by atoms with E-state index in [4.69, 9.17) is 9.47 Å². The highest BCUT2D eigenvalue weighted by molar-refractivity contribution is 5.99. The van der Waals surface area contributed by atoms with Crippen LogP contribution in [0.1, 0.15) is 58.7 Å². The summed E-state index contributed by atoms with van der Waals surface area (Å²) in [4.78, 5) is 60.9. The average molecular weight is 693 g/mol. The molecule has 5 rings (SSSR count). The van der Waals surface area contributed by atoms with Gasteiger partial charge in [0.25, 0.3) is 0 Å². The van der Waals surface area contributed by atoms with Gasteiger partial charge in [-0.3, -0.25) is 9.59 Å². The first-order chi connectivity index (χ1) is 24.2. The molecule has 12 nitrogen and oxygen atoms in total. The molecule has 3 amide bonds. The Morgan fingerprint density at radius 2 is 1.55 bits per heavy atom. The number of anilines is 1. The van der Waals surface area contributed by atoms with Crippen molar-refractivity contribution in [2.45, 2.75) is 71.2 Å². The lowest BCUT2D eigenvalue weighted by Crippen LogP contribution is -2.59. The van der Waals surface area contributed by atoms with Crippen LogP contribution in [-0.4, -0.2) is 62.2 Å². The van der Waals surface area contributed by atoms with Gasteiger partial charge in [0.15, 0.2) is 11.9 Å². The number of carbonyl (C=O) groups excluding carboxylic acids is 4. The van der Waals surface area contributed by atoms with Crippen molar-refractivity contribution in [2.75, 3.05) is 11.9 Å².